The highest BCUT2D eigenvalue weighted by molar-refractivity contribution is 5.79. The van der Waals surface area contributed by atoms with Crippen LogP contribution in [0.4, 0.5) is 5.69 Å². The van der Waals surface area contributed by atoms with Crippen molar-refractivity contribution in [2.75, 3.05) is 25.0 Å². The van der Waals surface area contributed by atoms with Gasteiger partial charge in [-0.1, -0.05) is 45.1 Å². The number of benzene rings is 1. The molecule has 0 bridgehead atoms. The first-order valence-corrected chi connectivity index (χ1v) is 9.34. The van der Waals surface area contributed by atoms with E-state index in [0.29, 0.717) is 19.0 Å². The molecule has 2 heterocycles. The Balaban J connectivity index is 1.48. The standard InChI is InChI=1S/C21H29N5O/c1-21(2,3)18-14-23-19(27-18)15-25-20(22-4)24-13-16-7-9-17(10-8-16)26-11-5-6-12-26/h5-10,14H,11-13,15H2,1-4H3,(H2,22,24,25). The largest absolute Gasteiger partial charge is 0.443 e. The second-order valence-electron chi connectivity index (χ2n) is 7.69. The third kappa shape index (κ3) is 5.12. The van der Waals surface area contributed by atoms with E-state index in [9.17, 15) is 0 Å². The quantitative estimate of drug-likeness (QED) is 0.483. The van der Waals surface area contributed by atoms with Gasteiger partial charge in [-0.05, 0) is 17.7 Å². The van der Waals surface area contributed by atoms with Crippen molar-refractivity contribution in [1.82, 2.24) is 15.6 Å². The molecule has 1 aromatic heterocycles. The fourth-order valence-corrected chi connectivity index (χ4v) is 2.82. The maximum absolute atomic E-state index is 5.80. The molecule has 0 saturated carbocycles. The van der Waals surface area contributed by atoms with Crippen LogP contribution in [0.15, 0.2) is 52.0 Å². The summed E-state index contributed by atoms with van der Waals surface area (Å²) in [5, 5.41) is 6.57. The first-order valence-electron chi connectivity index (χ1n) is 9.34. The lowest BCUT2D eigenvalue weighted by atomic mass is 9.94. The van der Waals surface area contributed by atoms with Crippen LogP contribution in [0.25, 0.3) is 0 Å². The van der Waals surface area contributed by atoms with E-state index in [-0.39, 0.29) is 5.41 Å². The summed E-state index contributed by atoms with van der Waals surface area (Å²) in [6.07, 6.45) is 6.19. The molecule has 0 unspecified atom stereocenters. The fraction of sp³-hybridized carbons (Fsp3) is 0.429. The highest BCUT2D eigenvalue weighted by Gasteiger charge is 2.19. The van der Waals surface area contributed by atoms with Gasteiger partial charge in [0.1, 0.15) is 5.76 Å². The van der Waals surface area contributed by atoms with Gasteiger partial charge in [0.2, 0.25) is 5.89 Å². The van der Waals surface area contributed by atoms with Crippen LogP contribution in [-0.2, 0) is 18.5 Å². The van der Waals surface area contributed by atoms with Crippen LogP contribution < -0.4 is 15.5 Å². The molecule has 1 aromatic carbocycles. The lowest BCUT2D eigenvalue weighted by molar-refractivity contribution is 0.379. The van der Waals surface area contributed by atoms with Gasteiger partial charge in [-0.3, -0.25) is 4.99 Å². The number of hydrogen-bond acceptors (Lipinski definition) is 4. The average Bonchev–Trinajstić information content (AvgIpc) is 3.34. The minimum absolute atomic E-state index is 0.0392. The van der Waals surface area contributed by atoms with Crippen molar-refractivity contribution in [2.24, 2.45) is 4.99 Å². The minimum Gasteiger partial charge on any atom is -0.443 e. The number of guanidine groups is 1. The molecule has 2 N–H and O–H groups in total. The van der Waals surface area contributed by atoms with Crippen LogP contribution in [0.1, 0.15) is 38.0 Å². The molecule has 0 amide bonds. The van der Waals surface area contributed by atoms with Crippen molar-refractivity contribution in [3.63, 3.8) is 0 Å². The Morgan fingerprint density at radius 3 is 2.37 bits per heavy atom. The summed E-state index contributed by atoms with van der Waals surface area (Å²) < 4.78 is 5.80. The number of rotatable bonds is 5. The SMILES string of the molecule is CN=C(NCc1ccc(N2CC=CC2)cc1)NCc1ncc(C(C)(C)C)o1. The number of hydrogen-bond donors (Lipinski definition) is 2. The highest BCUT2D eigenvalue weighted by Crippen LogP contribution is 2.22. The van der Waals surface area contributed by atoms with Crippen LogP contribution >= 0.6 is 0 Å². The predicted octanol–water partition coefficient (Wildman–Crippen LogP) is 3.21. The van der Waals surface area contributed by atoms with E-state index in [2.05, 4.69) is 82.7 Å². The molecular formula is C21H29N5O. The van der Waals surface area contributed by atoms with E-state index in [1.54, 1.807) is 13.2 Å². The smallest absolute Gasteiger partial charge is 0.213 e. The Bertz CT molecular complexity index is 791. The topological polar surface area (TPSA) is 65.7 Å². The monoisotopic (exact) mass is 367 g/mol. The molecule has 0 saturated heterocycles. The van der Waals surface area contributed by atoms with E-state index in [0.717, 1.165) is 24.8 Å². The van der Waals surface area contributed by atoms with Gasteiger partial charge in [-0.25, -0.2) is 4.98 Å². The first kappa shape index (κ1) is 19.0. The Morgan fingerprint density at radius 2 is 1.78 bits per heavy atom. The normalized spacial score (nSPS) is 14.7. The molecule has 0 fully saturated rings. The average molecular weight is 367 g/mol. The zero-order chi connectivity index (χ0) is 19.3. The molecule has 3 rings (SSSR count). The Labute approximate surface area is 161 Å². The van der Waals surface area contributed by atoms with Crippen molar-refractivity contribution >= 4 is 11.6 Å². The molecule has 1 aliphatic rings. The van der Waals surface area contributed by atoms with E-state index >= 15 is 0 Å². The number of anilines is 1. The van der Waals surface area contributed by atoms with Gasteiger partial charge in [-0.2, -0.15) is 0 Å². The third-order valence-corrected chi connectivity index (χ3v) is 4.50. The minimum atomic E-state index is -0.0392. The Kier molecular flexibility index (Phi) is 5.84. The van der Waals surface area contributed by atoms with Crippen molar-refractivity contribution in [1.29, 1.82) is 0 Å². The van der Waals surface area contributed by atoms with Gasteiger partial charge in [0, 0.05) is 37.8 Å². The van der Waals surface area contributed by atoms with Gasteiger partial charge in [0.25, 0.3) is 0 Å². The molecule has 2 aromatic rings. The molecule has 6 nitrogen and oxygen atoms in total. The summed E-state index contributed by atoms with van der Waals surface area (Å²) in [4.78, 5) is 10.9. The number of oxazole rings is 1. The predicted molar refractivity (Wildman–Crippen MR) is 110 cm³/mol. The van der Waals surface area contributed by atoms with E-state index in [1.807, 2.05) is 0 Å². The van der Waals surface area contributed by atoms with Crippen LogP contribution in [0.5, 0.6) is 0 Å². The second kappa shape index (κ2) is 8.29. The summed E-state index contributed by atoms with van der Waals surface area (Å²) in [6.45, 7) is 9.51. The third-order valence-electron chi connectivity index (χ3n) is 4.50. The van der Waals surface area contributed by atoms with Crippen molar-refractivity contribution in [3.05, 3.63) is 59.8 Å². The molecule has 0 spiro atoms. The summed E-state index contributed by atoms with van der Waals surface area (Å²) >= 11 is 0. The first-order chi connectivity index (χ1) is 13.0. The zero-order valence-electron chi connectivity index (χ0n) is 16.6. The van der Waals surface area contributed by atoms with Gasteiger partial charge in [-0.15, -0.1) is 0 Å². The lowest BCUT2D eigenvalue weighted by Crippen LogP contribution is -2.36. The maximum Gasteiger partial charge on any atom is 0.213 e. The molecule has 1 aliphatic heterocycles. The summed E-state index contributed by atoms with van der Waals surface area (Å²) in [5.74, 6) is 2.26. The number of nitrogens with zero attached hydrogens (tertiary/aromatic N) is 3. The fourth-order valence-electron chi connectivity index (χ4n) is 2.82. The zero-order valence-corrected chi connectivity index (χ0v) is 16.6. The Morgan fingerprint density at radius 1 is 1.11 bits per heavy atom. The highest BCUT2D eigenvalue weighted by atomic mass is 16.4. The number of nitrogens with one attached hydrogen (secondary N) is 2. The van der Waals surface area contributed by atoms with E-state index in [4.69, 9.17) is 4.42 Å². The van der Waals surface area contributed by atoms with E-state index in [1.165, 1.54) is 11.3 Å². The molecule has 6 heteroatoms. The van der Waals surface area contributed by atoms with Crippen molar-refractivity contribution in [3.8, 4) is 0 Å². The van der Waals surface area contributed by atoms with Crippen LogP contribution in [-0.4, -0.2) is 31.1 Å². The molecule has 0 radical (unpaired) electrons. The number of aliphatic imine (C=N–C) groups is 1. The van der Waals surface area contributed by atoms with Gasteiger partial charge >= 0.3 is 0 Å². The number of aromatic nitrogens is 1. The molecule has 0 atom stereocenters. The second-order valence-corrected chi connectivity index (χ2v) is 7.69. The summed E-state index contributed by atoms with van der Waals surface area (Å²) in [7, 11) is 1.76. The van der Waals surface area contributed by atoms with Crippen LogP contribution in [0.2, 0.25) is 0 Å². The summed E-state index contributed by atoms with van der Waals surface area (Å²) in [6, 6.07) is 8.64. The molecule has 0 aliphatic carbocycles. The lowest BCUT2D eigenvalue weighted by Gasteiger charge is -2.18. The maximum atomic E-state index is 5.80. The van der Waals surface area contributed by atoms with Gasteiger partial charge in [0.05, 0.1) is 12.7 Å². The summed E-state index contributed by atoms with van der Waals surface area (Å²) in [5.41, 5.74) is 2.42. The van der Waals surface area contributed by atoms with Gasteiger partial charge < -0.3 is 20.0 Å². The van der Waals surface area contributed by atoms with Crippen molar-refractivity contribution in [2.45, 2.75) is 39.3 Å². The van der Waals surface area contributed by atoms with Crippen LogP contribution in [0.3, 0.4) is 0 Å². The van der Waals surface area contributed by atoms with E-state index < -0.39 is 0 Å². The molecule has 144 valence electrons. The van der Waals surface area contributed by atoms with Crippen molar-refractivity contribution < 1.29 is 4.42 Å². The Hall–Kier alpha value is -2.76. The van der Waals surface area contributed by atoms with Gasteiger partial charge in [0.15, 0.2) is 5.96 Å². The van der Waals surface area contributed by atoms with Crippen LogP contribution in [0, 0.1) is 0 Å². The molecular weight excluding hydrogens is 338 g/mol. The molecule has 27 heavy (non-hydrogen) atoms.